The molecule has 0 saturated carbocycles. The lowest BCUT2D eigenvalue weighted by Gasteiger charge is -2.06. The summed E-state index contributed by atoms with van der Waals surface area (Å²) in [7, 11) is 1.86. The van der Waals surface area contributed by atoms with Crippen LogP contribution < -0.4 is 5.56 Å². The monoisotopic (exact) mass is 401 g/mol. The molecule has 0 aliphatic rings. The van der Waals surface area contributed by atoms with Crippen molar-refractivity contribution in [1.29, 1.82) is 5.26 Å². The zero-order valence-corrected chi connectivity index (χ0v) is 16.3. The standard InChI is InChI=1S/C20H15N7OS/c1-26-17-15(18-19(26)24-16(29-18)8-14-6-7-22-25-14)10-23-27(20(17)28)11-13-4-2-12(9-21)3-5-13/h2-7,10H,8,11H2,1H3,(H,22,25). The van der Waals surface area contributed by atoms with Gasteiger partial charge >= 0.3 is 0 Å². The van der Waals surface area contributed by atoms with Crippen molar-refractivity contribution < 1.29 is 0 Å². The van der Waals surface area contributed by atoms with Crippen LogP contribution in [0, 0.1) is 11.3 Å². The van der Waals surface area contributed by atoms with Crippen molar-refractivity contribution in [2.24, 2.45) is 7.05 Å². The Bertz CT molecular complexity index is 1430. The van der Waals surface area contributed by atoms with E-state index in [1.54, 1.807) is 35.9 Å². The number of rotatable bonds is 4. The Labute approximate surface area is 168 Å². The third-order valence-corrected chi connectivity index (χ3v) is 5.95. The number of hydrogen-bond donors (Lipinski definition) is 1. The van der Waals surface area contributed by atoms with Gasteiger partial charge in [-0.05, 0) is 23.8 Å². The van der Waals surface area contributed by atoms with E-state index in [0.717, 1.165) is 32.0 Å². The molecule has 0 amide bonds. The lowest BCUT2D eigenvalue weighted by Crippen LogP contribution is -2.24. The minimum Gasteiger partial charge on any atom is -0.323 e. The highest BCUT2D eigenvalue weighted by Crippen LogP contribution is 2.31. The van der Waals surface area contributed by atoms with Crippen molar-refractivity contribution in [3.8, 4) is 6.07 Å². The van der Waals surface area contributed by atoms with E-state index in [1.807, 2.05) is 29.8 Å². The third kappa shape index (κ3) is 2.90. The van der Waals surface area contributed by atoms with Crippen LogP contribution in [-0.2, 0) is 20.0 Å². The minimum atomic E-state index is -0.159. The van der Waals surface area contributed by atoms with Gasteiger partial charge in [0.2, 0.25) is 0 Å². The van der Waals surface area contributed by atoms with E-state index in [-0.39, 0.29) is 5.56 Å². The van der Waals surface area contributed by atoms with Crippen LogP contribution in [0.5, 0.6) is 0 Å². The smallest absolute Gasteiger partial charge is 0.291 e. The molecule has 0 fully saturated rings. The van der Waals surface area contributed by atoms with E-state index in [1.165, 1.54) is 4.68 Å². The van der Waals surface area contributed by atoms with Gasteiger partial charge in [0, 0.05) is 25.1 Å². The number of thiazole rings is 1. The zero-order valence-electron chi connectivity index (χ0n) is 15.5. The molecule has 0 atom stereocenters. The first-order valence-electron chi connectivity index (χ1n) is 8.95. The van der Waals surface area contributed by atoms with Gasteiger partial charge < -0.3 is 4.57 Å². The van der Waals surface area contributed by atoms with Crippen LogP contribution in [0.25, 0.3) is 21.3 Å². The maximum atomic E-state index is 13.1. The van der Waals surface area contributed by atoms with Gasteiger partial charge in [-0.1, -0.05) is 12.1 Å². The van der Waals surface area contributed by atoms with Gasteiger partial charge in [0.25, 0.3) is 5.56 Å². The fraction of sp³-hybridized carbons (Fsp3) is 0.150. The van der Waals surface area contributed by atoms with Gasteiger partial charge in [0.15, 0.2) is 5.65 Å². The third-order valence-electron chi connectivity index (χ3n) is 4.88. The summed E-state index contributed by atoms with van der Waals surface area (Å²) in [6.07, 6.45) is 4.17. The molecular formula is C20H15N7OS. The van der Waals surface area contributed by atoms with Crippen molar-refractivity contribution in [3.63, 3.8) is 0 Å². The Morgan fingerprint density at radius 2 is 2.07 bits per heavy atom. The minimum absolute atomic E-state index is 0.159. The van der Waals surface area contributed by atoms with Crippen molar-refractivity contribution >= 4 is 32.6 Å². The Morgan fingerprint density at radius 1 is 1.24 bits per heavy atom. The number of nitrogens with one attached hydrogen (secondary N) is 1. The number of aryl methyl sites for hydroxylation is 1. The molecule has 0 radical (unpaired) electrons. The maximum Gasteiger partial charge on any atom is 0.291 e. The van der Waals surface area contributed by atoms with Crippen molar-refractivity contribution in [1.82, 2.24) is 29.5 Å². The normalized spacial score (nSPS) is 11.3. The van der Waals surface area contributed by atoms with Crippen molar-refractivity contribution in [2.75, 3.05) is 0 Å². The summed E-state index contributed by atoms with van der Waals surface area (Å²) in [6, 6.07) is 11.2. The summed E-state index contributed by atoms with van der Waals surface area (Å²) in [5, 5.41) is 22.0. The Morgan fingerprint density at radius 3 is 2.79 bits per heavy atom. The second-order valence-electron chi connectivity index (χ2n) is 6.74. The fourth-order valence-corrected chi connectivity index (χ4v) is 4.54. The van der Waals surface area contributed by atoms with Gasteiger partial charge in [-0.2, -0.15) is 15.5 Å². The summed E-state index contributed by atoms with van der Waals surface area (Å²) < 4.78 is 4.25. The van der Waals surface area contributed by atoms with E-state index < -0.39 is 0 Å². The van der Waals surface area contributed by atoms with Gasteiger partial charge in [0.05, 0.1) is 34.8 Å². The number of benzene rings is 1. The second kappa shape index (κ2) is 6.68. The summed E-state index contributed by atoms with van der Waals surface area (Å²) in [4.78, 5) is 17.8. The molecule has 0 unspecified atom stereocenters. The summed E-state index contributed by atoms with van der Waals surface area (Å²) in [5.74, 6) is 0. The zero-order chi connectivity index (χ0) is 20.0. The first kappa shape index (κ1) is 17.3. The molecule has 9 heteroatoms. The molecule has 0 bridgehead atoms. The molecule has 4 heterocycles. The first-order chi connectivity index (χ1) is 14.1. The van der Waals surface area contributed by atoms with E-state index in [0.29, 0.717) is 24.0 Å². The lowest BCUT2D eigenvalue weighted by atomic mass is 10.1. The van der Waals surface area contributed by atoms with Gasteiger partial charge in [-0.25, -0.2) is 9.67 Å². The molecule has 0 spiro atoms. The average Bonchev–Trinajstić information content (AvgIpc) is 3.44. The van der Waals surface area contributed by atoms with Crippen LogP contribution >= 0.6 is 11.3 Å². The number of H-pyrrole nitrogens is 1. The molecule has 1 N–H and O–H groups in total. The average molecular weight is 401 g/mol. The maximum absolute atomic E-state index is 13.1. The molecule has 0 aliphatic carbocycles. The number of nitrogens with zero attached hydrogens (tertiary/aromatic N) is 6. The summed E-state index contributed by atoms with van der Waals surface area (Å²) in [5.41, 5.74) is 3.64. The number of nitriles is 1. The molecule has 4 aromatic heterocycles. The Kier molecular flexibility index (Phi) is 4.00. The van der Waals surface area contributed by atoms with Crippen LogP contribution in [0.3, 0.4) is 0 Å². The highest BCUT2D eigenvalue weighted by Gasteiger charge is 2.18. The predicted molar refractivity (Wildman–Crippen MR) is 110 cm³/mol. The SMILES string of the molecule is Cn1c2nc(Cc3cc[nH]n3)sc2c2cnn(Cc3ccc(C#N)cc3)c(=O)c21. The molecule has 0 saturated heterocycles. The topological polar surface area (TPSA) is 105 Å². The van der Waals surface area contributed by atoms with Gasteiger partial charge in [0.1, 0.15) is 10.5 Å². The fourth-order valence-electron chi connectivity index (χ4n) is 3.42. The molecular weight excluding hydrogens is 386 g/mol. The number of aromatic nitrogens is 6. The van der Waals surface area contributed by atoms with Gasteiger partial charge in [-0.15, -0.1) is 11.3 Å². The number of fused-ring (bicyclic) bond motifs is 3. The second-order valence-corrected chi connectivity index (χ2v) is 7.82. The highest BCUT2D eigenvalue weighted by molar-refractivity contribution is 7.19. The molecule has 8 nitrogen and oxygen atoms in total. The molecule has 0 aliphatic heterocycles. The quantitative estimate of drug-likeness (QED) is 0.498. The Balaban J connectivity index is 1.55. The molecule has 5 aromatic rings. The van der Waals surface area contributed by atoms with Crippen molar-refractivity contribution in [3.05, 3.63) is 74.9 Å². The van der Waals surface area contributed by atoms with E-state index in [4.69, 9.17) is 10.2 Å². The lowest BCUT2D eigenvalue weighted by molar-refractivity contribution is 0.644. The van der Waals surface area contributed by atoms with E-state index in [2.05, 4.69) is 21.4 Å². The van der Waals surface area contributed by atoms with Crippen LogP contribution in [-0.4, -0.2) is 29.5 Å². The number of aromatic amines is 1. The molecule has 5 rings (SSSR count). The van der Waals surface area contributed by atoms with Crippen LogP contribution in [0.1, 0.15) is 21.8 Å². The van der Waals surface area contributed by atoms with Gasteiger partial charge in [-0.3, -0.25) is 9.89 Å². The molecule has 29 heavy (non-hydrogen) atoms. The van der Waals surface area contributed by atoms with Crippen LogP contribution in [0.15, 0.2) is 47.5 Å². The summed E-state index contributed by atoms with van der Waals surface area (Å²) in [6.45, 7) is 0.344. The van der Waals surface area contributed by atoms with Crippen LogP contribution in [0.2, 0.25) is 0 Å². The number of hydrogen-bond acceptors (Lipinski definition) is 6. The highest BCUT2D eigenvalue weighted by atomic mass is 32.1. The van der Waals surface area contributed by atoms with E-state index >= 15 is 0 Å². The largest absolute Gasteiger partial charge is 0.323 e. The van der Waals surface area contributed by atoms with Crippen molar-refractivity contribution in [2.45, 2.75) is 13.0 Å². The molecule has 1 aromatic carbocycles. The predicted octanol–water partition coefficient (Wildman–Crippen LogP) is 2.58. The summed E-state index contributed by atoms with van der Waals surface area (Å²) >= 11 is 1.56. The van der Waals surface area contributed by atoms with E-state index in [9.17, 15) is 4.79 Å². The molecule has 142 valence electrons. The Hall–Kier alpha value is -3.77. The first-order valence-corrected chi connectivity index (χ1v) is 9.77. The van der Waals surface area contributed by atoms with Crippen LogP contribution in [0.4, 0.5) is 0 Å².